The van der Waals surface area contributed by atoms with Gasteiger partial charge in [-0.3, -0.25) is 9.36 Å². The molecular weight excluding hydrogens is 484 g/mol. The second-order valence-corrected chi connectivity index (χ2v) is 9.77. The second-order valence-electron chi connectivity index (χ2n) is 8.31. The summed E-state index contributed by atoms with van der Waals surface area (Å²) in [6, 6.07) is 15.3. The van der Waals surface area contributed by atoms with Crippen LogP contribution >= 0.6 is 22.9 Å². The van der Waals surface area contributed by atoms with Crippen molar-refractivity contribution in [3.8, 4) is 32.6 Å². The molecular formula is C26H23ClN4O3S. The molecule has 5 rings (SSSR count). The van der Waals surface area contributed by atoms with E-state index in [9.17, 15) is 9.59 Å². The Morgan fingerprint density at radius 3 is 2.89 bits per heavy atom. The van der Waals surface area contributed by atoms with Crippen molar-refractivity contribution in [1.82, 2.24) is 20.1 Å². The first-order chi connectivity index (χ1) is 17.0. The maximum atomic E-state index is 12.6. The minimum Gasteiger partial charge on any atom is -0.493 e. The van der Waals surface area contributed by atoms with E-state index in [1.54, 1.807) is 30.7 Å². The first-order valence-corrected chi connectivity index (χ1v) is 12.5. The third kappa shape index (κ3) is 4.85. The number of hydrogen-bond acceptors (Lipinski definition) is 6. The van der Waals surface area contributed by atoms with Crippen LogP contribution in [0.1, 0.15) is 35.7 Å². The molecule has 1 N–H and O–H groups in total. The van der Waals surface area contributed by atoms with Crippen LogP contribution in [-0.4, -0.2) is 39.6 Å². The minimum absolute atomic E-state index is 0.119. The first kappa shape index (κ1) is 23.3. The molecule has 1 aliphatic heterocycles. The van der Waals surface area contributed by atoms with Gasteiger partial charge in [0.2, 0.25) is 0 Å². The lowest BCUT2D eigenvalue weighted by Gasteiger charge is -2.10. The number of para-hydroxylation sites is 1. The van der Waals surface area contributed by atoms with Crippen molar-refractivity contribution in [3.63, 3.8) is 0 Å². The molecule has 0 radical (unpaired) electrons. The number of rotatable bonds is 7. The molecule has 178 valence electrons. The van der Waals surface area contributed by atoms with Crippen LogP contribution in [-0.2, 0) is 11.2 Å². The Bertz CT molecular complexity index is 1410. The molecule has 1 amide bonds. The van der Waals surface area contributed by atoms with Crippen molar-refractivity contribution >= 4 is 34.6 Å². The molecule has 3 heterocycles. The minimum atomic E-state index is -0.177. The van der Waals surface area contributed by atoms with E-state index in [2.05, 4.69) is 21.6 Å². The molecule has 0 aliphatic carbocycles. The number of hydrogen-bond donors (Lipinski definition) is 1. The lowest BCUT2D eigenvalue weighted by Crippen LogP contribution is -2.24. The maximum absolute atomic E-state index is 12.6. The maximum Gasteiger partial charge on any atom is 0.251 e. The summed E-state index contributed by atoms with van der Waals surface area (Å²) in [6.07, 6.45) is 3.50. The van der Waals surface area contributed by atoms with Crippen LogP contribution in [0.5, 0.6) is 5.75 Å². The summed E-state index contributed by atoms with van der Waals surface area (Å²) in [5, 5.41) is 12.0. The summed E-state index contributed by atoms with van der Waals surface area (Å²) in [7, 11) is 0. The van der Waals surface area contributed by atoms with Gasteiger partial charge in [0.15, 0.2) is 5.82 Å². The number of nitrogens with zero attached hydrogens (tertiary/aromatic N) is 3. The van der Waals surface area contributed by atoms with Gasteiger partial charge in [0.1, 0.15) is 17.9 Å². The van der Waals surface area contributed by atoms with Crippen molar-refractivity contribution in [2.75, 3.05) is 13.2 Å². The number of thiophene rings is 1. The number of aromatic nitrogens is 3. The normalized spacial score (nSPS) is 12.3. The molecule has 2 aromatic carbocycles. The zero-order valence-corrected chi connectivity index (χ0v) is 20.7. The Balaban J connectivity index is 1.43. The summed E-state index contributed by atoms with van der Waals surface area (Å²) < 4.78 is 7.90. The van der Waals surface area contributed by atoms with E-state index < -0.39 is 0 Å². The Morgan fingerprint density at radius 1 is 1.20 bits per heavy atom. The fraction of sp³-hybridized carbons (Fsp3) is 0.231. The lowest BCUT2D eigenvalue weighted by atomic mass is 10.0. The number of benzene rings is 2. The third-order valence-corrected chi connectivity index (χ3v) is 7.32. The van der Waals surface area contributed by atoms with Crippen molar-refractivity contribution in [1.29, 1.82) is 0 Å². The lowest BCUT2D eigenvalue weighted by molar-refractivity contribution is -0.117. The highest BCUT2D eigenvalue weighted by molar-refractivity contribution is 7.19. The van der Waals surface area contributed by atoms with Crippen LogP contribution in [0.3, 0.4) is 0 Å². The molecule has 2 aromatic heterocycles. The number of carbonyl (C=O) groups excluding carboxylic acids is 2. The number of nitrogens with one attached hydrogen (secondary N) is 1. The first-order valence-electron chi connectivity index (χ1n) is 11.3. The van der Waals surface area contributed by atoms with E-state index in [1.165, 1.54) is 5.56 Å². The topological polar surface area (TPSA) is 86.1 Å². The van der Waals surface area contributed by atoms with Gasteiger partial charge in [-0.05, 0) is 55.3 Å². The molecule has 0 fully saturated rings. The number of halogens is 1. The Hall–Kier alpha value is -3.49. The van der Waals surface area contributed by atoms with E-state index >= 15 is 0 Å². The molecule has 9 heteroatoms. The summed E-state index contributed by atoms with van der Waals surface area (Å²) >= 11 is 8.04. The third-order valence-electron chi connectivity index (χ3n) is 5.80. The molecule has 7 nitrogen and oxygen atoms in total. The summed E-state index contributed by atoms with van der Waals surface area (Å²) in [4.78, 5) is 25.8. The molecule has 0 spiro atoms. The van der Waals surface area contributed by atoms with Gasteiger partial charge < -0.3 is 14.8 Å². The van der Waals surface area contributed by atoms with Crippen LogP contribution < -0.4 is 10.1 Å². The molecule has 0 bridgehead atoms. The zero-order valence-electron chi connectivity index (χ0n) is 19.1. The van der Waals surface area contributed by atoms with E-state index in [1.807, 2.05) is 41.0 Å². The van der Waals surface area contributed by atoms with Crippen LogP contribution in [0.25, 0.3) is 26.8 Å². The van der Waals surface area contributed by atoms with Gasteiger partial charge in [0.25, 0.3) is 5.91 Å². The number of ether oxygens (including phenoxy) is 1. The average Bonchev–Trinajstić information content (AvgIpc) is 3.46. The highest BCUT2D eigenvalue weighted by Gasteiger charge is 2.23. The van der Waals surface area contributed by atoms with Crippen LogP contribution in [0.4, 0.5) is 0 Å². The van der Waals surface area contributed by atoms with E-state index in [0.29, 0.717) is 42.3 Å². The van der Waals surface area contributed by atoms with E-state index in [-0.39, 0.29) is 11.7 Å². The summed E-state index contributed by atoms with van der Waals surface area (Å²) in [5.74, 6) is 1.35. The van der Waals surface area contributed by atoms with Gasteiger partial charge in [-0.15, -0.1) is 21.5 Å². The van der Waals surface area contributed by atoms with Crippen LogP contribution in [0, 0.1) is 0 Å². The van der Waals surface area contributed by atoms with Gasteiger partial charge >= 0.3 is 0 Å². The Kier molecular flexibility index (Phi) is 6.66. The smallest absolute Gasteiger partial charge is 0.251 e. The molecule has 0 saturated carbocycles. The van der Waals surface area contributed by atoms with Gasteiger partial charge in [0.05, 0.1) is 22.2 Å². The van der Waals surface area contributed by atoms with Crippen molar-refractivity contribution in [3.05, 3.63) is 71.0 Å². The standard InChI is InChI=1S/C26H23ClN4O3S/c1-16(32)5-4-11-28-26(33)18-8-9-19-22(13-18)34-12-10-17-14-23(35-24(17)19)25-30-29-15-31(25)21-7-3-2-6-20(21)27/h2-3,6-9,13-15H,4-5,10-12H2,1H3,(H,28,33). The molecule has 0 unspecified atom stereocenters. The highest BCUT2D eigenvalue weighted by Crippen LogP contribution is 2.44. The summed E-state index contributed by atoms with van der Waals surface area (Å²) in [5.41, 5.74) is 3.47. The van der Waals surface area contributed by atoms with Gasteiger partial charge in [-0.25, -0.2) is 0 Å². The van der Waals surface area contributed by atoms with Gasteiger partial charge in [-0.2, -0.15) is 0 Å². The van der Waals surface area contributed by atoms with Crippen molar-refractivity contribution in [2.45, 2.75) is 26.2 Å². The predicted octanol–water partition coefficient (Wildman–Crippen LogP) is 5.35. The van der Waals surface area contributed by atoms with Crippen LogP contribution in [0.2, 0.25) is 5.02 Å². The number of fused-ring (bicyclic) bond motifs is 3. The van der Waals surface area contributed by atoms with Gasteiger partial charge in [0, 0.05) is 35.4 Å². The fourth-order valence-corrected chi connectivity index (χ4v) is 5.51. The zero-order chi connectivity index (χ0) is 24.4. The summed E-state index contributed by atoms with van der Waals surface area (Å²) in [6.45, 7) is 2.52. The Labute approximate surface area is 211 Å². The highest BCUT2D eigenvalue weighted by atomic mass is 35.5. The van der Waals surface area contributed by atoms with Crippen molar-refractivity contribution in [2.24, 2.45) is 0 Å². The number of amides is 1. The number of carbonyl (C=O) groups is 2. The second kappa shape index (κ2) is 10.0. The van der Waals surface area contributed by atoms with Crippen molar-refractivity contribution < 1.29 is 14.3 Å². The van der Waals surface area contributed by atoms with Crippen LogP contribution in [0.15, 0.2) is 54.9 Å². The van der Waals surface area contributed by atoms with Gasteiger partial charge in [-0.1, -0.05) is 23.7 Å². The molecule has 0 saturated heterocycles. The molecule has 1 aliphatic rings. The monoisotopic (exact) mass is 506 g/mol. The molecule has 35 heavy (non-hydrogen) atoms. The largest absolute Gasteiger partial charge is 0.493 e. The number of Topliss-reactive ketones (excluding diaryl/α,β-unsaturated/α-hetero) is 1. The predicted molar refractivity (Wildman–Crippen MR) is 137 cm³/mol. The quantitative estimate of drug-likeness (QED) is 0.341. The van der Waals surface area contributed by atoms with E-state index in [0.717, 1.165) is 33.3 Å². The fourth-order valence-electron chi connectivity index (χ4n) is 4.06. The molecule has 4 aromatic rings. The molecule has 0 atom stereocenters. The average molecular weight is 507 g/mol. The number of ketones is 1. The SMILES string of the molecule is CC(=O)CCCNC(=O)c1ccc2c(c1)OCCc1cc(-c3nncn3-c3ccccc3Cl)sc1-2. The Morgan fingerprint density at radius 2 is 2.06 bits per heavy atom. The van der Waals surface area contributed by atoms with E-state index in [4.69, 9.17) is 16.3 Å².